The molecule has 0 amide bonds. The molecule has 1 heterocycles. The smallest absolute Gasteiger partial charge is 0.321 e. The normalized spacial score (nSPS) is 37.5. The summed E-state index contributed by atoms with van der Waals surface area (Å²) in [5.41, 5.74) is 0. The van der Waals surface area contributed by atoms with Crippen molar-refractivity contribution in [3.05, 3.63) is 0 Å². The number of hydrogen-bond acceptors (Lipinski definition) is 3. The van der Waals surface area contributed by atoms with Crippen LogP contribution in [-0.4, -0.2) is 27.7 Å². The quantitative estimate of drug-likeness (QED) is 0.654. The highest BCUT2D eigenvalue weighted by atomic mass is 32.2. The van der Waals surface area contributed by atoms with E-state index in [-0.39, 0.29) is 10.9 Å². The van der Waals surface area contributed by atoms with Crippen LogP contribution in [0.2, 0.25) is 0 Å². The zero-order valence-electron chi connectivity index (χ0n) is 6.76. The number of carboxylic acids is 1. The van der Waals surface area contributed by atoms with Gasteiger partial charge in [-0.15, -0.1) is 11.8 Å². The van der Waals surface area contributed by atoms with Gasteiger partial charge in [0.1, 0.15) is 6.04 Å². The first kappa shape index (κ1) is 8.87. The number of aliphatic carboxylic acids is 1. The Morgan fingerprint density at radius 3 is 2.82 bits per heavy atom. The standard InChI is InChI=1S/C7H13NO2S/c1-3-7(2)8-5(4-11-7)6(9)10/h5,8H,3-4H2,1-2H3,(H,9,10)/t5-,7+/m0/s1. The highest BCUT2D eigenvalue weighted by Crippen LogP contribution is 2.32. The average molecular weight is 175 g/mol. The number of thioether (sulfide) groups is 1. The molecule has 11 heavy (non-hydrogen) atoms. The molecule has 1 fully saturated rings. The molecular formula is C7H13NO2S. The van der Waals surface area contributed by atoms with Crippen LogP contribution < -0.4 is 5.32 Å². The van der Waals surface area contributed by atoms with Crippen LogP contribution in [0.3, 0.4) is 0 Å². The van der Waals surface area contributed by atoms with Gasteiger partial charge in [-0.1, -0.05) is 6.92 Å². The molecule has 1 rings (SSSR count). The third-order valence-electron chi connectivity index (χ3n) is 2.02. The molecule has 0 aromatic heterocycles. The van der Waals surface area contributed by atoms with Crippen molar-refractivity contribution in [3.63, 3.8) is 0 Å². The first-order valence-corrected chi connectivity index (χ1v) is 4.70. The van der Waals surface area contributed by atoms with E-state index < -0.39 is 5.97 Å². The zero-order chi connectivity index (χ0) is 8.48. The van der Waals surface area contributed by atoms with Gasteiger partial charge in [0, 0.05) is 5.75 Å². The van der Waals surface area contributed by atoms with Gasteiger partial charge in [0.25, 0.3) is 0 Å². The molecule has 3 nitrogen and oxygen atoms in total. The van der Waals surface area contributed by atoms with Gasteiger partial charge in [-0.25, -0.2) is 0 Å². The molecule has 0 bridgehead atoms. The minimum Gasteiger partial charge on any atom is -0.480 e. The summed E-state index contributed by atoms with van der Waals surface area (Å²) < 4.78 is 0. The van der Waals surface area contributed by atoms with Gasteiger partial charge in [-0.05, 0) is 13.3 Å². The van der Waals surface area contributed by atoms with Crippen LogP contribution in [0.15, 0.2) is 0 Å². The predicted octanol–water partition coefficient (Wildman–Crippen LogP) is 0.902. The third-order valence-corrected chi connectivity index (χ3v) is 3.56. The van der Waals surface area contributed by atoms with Crippen LogP contribution in [0.25, 0.3) is 0 Å². The maximum atomic E-state index is 10.5. The minimum absolute atomic E-state index is 0.0247. The Morgan fingerprint density at radius 1 is 1.91 bits per heavy atom. The minimum atomic E-state index is -0.741. The second-order valence-electron chi connectivity index (χ2n) is 2.93. The SMILES string of the molecule is CC[C@]1(C)N[C@H](C(=O)O)CS1. The molecule has 2 N–H and O–H groups in total. The molecule has 0 saturated carbocycles. The summed E-state index contributed by atoms with van der Waals surface area (Å²) in [6.07, 6.45) is 0.960. The van der Waals surface area contributed by atoms with E-state index in [4.69, 9.17) is 5.11 Å². The summed E-state index contributed by atoms with van der Waals surface area (Å²) in [6, 6.07) is -0.357. The number of hydrogen-bond donors (Lipinski definition) is 2. The summed E-state index contributed by atoms with van der Waals surface area (Å²) in [5, 5.41) is 11.7. The molecule has 64 valence electrons. The molecule has 2 atom stereocenters. The Balaban J connectivity index is 2.53. The van der Waals surface area contributed by atoms with E-state index in [1.807, 2.05) is 6.92 Å². The third kappa shape index (κ3) is 1.87. The van der Waals surface area contributed by atoms with Crippen molar-refractivity contribution in [2.45, 2.75) is 31.2 Å². The van der Waals surface area contributed by atoms with Crippen LogP contribution in [0, 0.1) is 0 Å². The highest BCUT2D eigenvalue weighted by Gasteiger charge is 2.36. The second kappa shape index (κ2) is 3.03. The molecule has 1 aliphatic heterocycles. The van der Waals surface area contributed by atoms with E-state index in [9.17, 15) is 4.79 Å². The van der Waals surface area contributed by atoms with Crippen molar-refractivity contribution in [1.82, 2.24) is 5.32 Å². The van der Waals surface area contributed by atoms with Crippen molar-refractivity contribution < 1.29 is 9.90 Å². The fourth-order valence-corrected chi connectivity index (χ4v) is 2.25. The van der Waals surface area contributed by atoms with Crippen molar-refractivity contribution in [3.8, 4) is 0 Å². The largest absolute Gasteiger partial charge is 0.480 e. The van der Waals surface area contributed by atoms with Crippen LogP contribution in [0.5, 0.6) is 0 Å². The Labute approximate surface area is 70.6 Å². The Kier molecular flexibility index (Phi) is 2.44. The lowest BCUT2D eigenvalue weighted by Gasteiger charge is -2.21. The van der Waals surface area contributed by atoms with Crippen molar-refractivity contribution in [1.29, 1.82) is 0 Å². The summed E-state index contributed by atoms with van der Waals surface area (Å²) in [5.74, 6) is -0.0608. The number of carboxylic acid groups (broad SMARTS) is 1. The maximum Gasteiger partial charge on any atom is 0.321 e. The first-order valence-electron chi connectivity index (χ1n) is 3.72. The molecule has 0 radical (unpaired) electrons. The van der Waals surface area contributed by atoms with Gasteiger partial charge in [-0.2, -0.15) is 0 Å². The average Bonchev–Trinajstić information content (AvgIpc) is 2.33. The number of rotatable bonds is 2. The van der Waals surface area contributed by atoms with Gasteiger partial charge in [0.15, 0.2) is 0 Å². The van der Waals surface area contributed by atoms with E-state index in [2.05, 4.69) is 12.2 Å². The Hall–Kier alpha value is -0.220. The molecular weight excluding hydrogens is 162 g/mol. The topological polar surface area (TPSA) is 49.3 Å². The number of nitrogens with one attached hydrogen (secondary N) is 1. The van der Waals surface area contributed by atoms with Crippen LogP contribution in [0.4, 0.5) is 0 Å². The summed E-state index contributed by atoms with van der Waals surface area (Å²) >= 11 is 1.69. The molecule has 0 aliphatic carbocycles. The molecule has 1 aliphatic rings. The van der Waals surface area contributed by atoms with Gasteiger partial charge in [0.2, 0.25) is 0 Å². The molecule has 0 unspecified atom stereocenters. The highest BCUT2D eigenvalue weighted by molar-refractivity contribution is 8.00. The fourth-order valence-electron chi connectivity index (χ4n) is 1.06. The molecule has 1 saturated heterocycles. The van der Waals surface area contributed by atoms with Crippen LogP contribution in [0.1, 0.15) is 20.3 Å². The van der Waals surface area contributed by atoms with E-state index in [1.54, 1.807) is 11.8 Å². The lowest BCUT2D eigenvalue weighted by atomic mass is 10.2. The zero-order valence-corrected chi connectivity index (χ0v) is 7.57. The Morgan fingerprint density at radius 2 is 2.55 bits per heavy atom. The second-order valence-corrected chi connectivity index (χ2v) is 4.45. The monoisotopic (exact) mass is 175 g/mol. The lowest BCUT2D eigenvalue weighted by molar-refractivity contribution is -0.138. The number of carbonyl (C=O) groups is 1. The van der Waals surface area contributed by atoms with E-state index >= 15 is 0 Å². The summed E-state index contributed by atoms with van der Waals surface area (Å²) in [6.45, 7) is 4.10. The molecule has 4 heteroatoms. The molecule has 0 aromatic carbocycles. The van der Waals surface area contributed by atoms with Gasteiger partial charge in [-0.3, -0.25) is 10.1 Å². The molecule has 0 spiro atoms. The summed E-state index contributed by atoms with van der Waals surface area (Å²) in [7, 11) is 0. The summed E-state index contributed by atoms with van der Waals surface area (Å²) in [4.78, 5) is 10.5. The van der Waals surface area contributed by atoms with E-state index in [0.29, 0.717) is 5.75 Å². The maximum absolute atomic E-state index is 10.5. The van der Waals surface area contributed by atoms with Crippen molar-refractivity contribution >= 4 is 17.7 Å². The predicted molar refractivity (Wildman–Crippen MR) is 45.7 cm³/mol. The van der Waals surface area contributed by atoms with E-state index in [0.717, 1.165) is 6.42 Å². The van der Waals surface area contributed by atoms with E-state index in [1.165, 1.54) is 0 Å². The van der Waals surface area contributed by atoms with Crippen LogP contribution >= 0.6 is 11.8 Å². The Bertz CT molecular complexity index is 174. The van der Waals surface area contributed by atoms with Gasteiger partial charge < -0.3 is 5.11 Å². The van der Waals surface area contributed by atoms with Gasteiger partial charge >= 0.3 is 5.97 Å². The lowest BCUT2D eigenvalue weighted by Crippen LogP contribution is -2.42. The fraction of sp³-hybridized carbons (Fsp3) is 0.857. The first-order chi connectivity index (χ1) is 5.07. The van der Waals surface area contributed by atoms with Crippen LogP contribution in [-0.2, 0) is 4.79 Å². The van der Waals surface area contributed by atoms with Gasteiger partial charge in [0.05, 0.1) is 4.87 Å². The molecule has 0 aromatic rings. The van der Waals surface area contributed by atoms with Crippen molar-refractivity contribution in [2.24, 2.45) is 0 Å². The van der Waals surface area contributed by atoms with Crippen molar-refractivity contribution in [2.75, 3.05) is 5.75 Å².